The van der Waals surface area contributed by atoms with E-state index in [4.69, 9.17) is 0 Å². The van der Waals surface area contributed by atoms with Crippen LogP contribution >= 0.6 is 0 Å². The zero-order chi connectivity index (χ0) is 20.9. The molecule has 1 aliphatic carbocycles. The largest absolute Gasteiger partial charge is 0.748 e. The first-order chi connectivity index (χ1) is 12.2. The quantitative estimate of drug-likeness (QED) is 0.363. The maximum absolute atomic E-state index is 12.5. The van der Waals surface area contributed by atoms with Crippen molar-refractivity contribution < 1.29 is 48.8 Å². The molecule has 0 bridgehead atoms. The van der Waals surface area contributed by atoms with E-state index in [-0.39, 0.29) is 12.6 Å². The van der Waals surface area contributed by atoms with E-state index in [1.807, 2.05) is 0 Å². The standard InChI is InChI=1S/C14H21F6NO5S/c15-13(16,17)11(14(18,19)20)6-12(22)26-10(8-27(23,24)25)7-21-9-4-2-1-3-5-9/h9-11,21H,1-8H2,(H,23,24,25)/p-1. The smallest absolute Gasteiger partial charge is 0.401 e. The average Bonchev–Trinajstić information content (AvgIpc) is 2.48. The highest BCUT2D eigenvalue weighted by Gasteiger charge is 2.57. The minimum atomic E-state index is -5.72. The van der Waals surface area contributed by atoms with E-state index in [2.05, 4.69) is 10.1 Å². The van der Waals surface area contributed by atoms with Gasteiger partial charge in [-0.1, -0.05) is 19.3 Å². The van der Waals surface area contributed by atoms with Gasteiger partial charge in [0.15, 0.2) is 5.92 Å². The Morgan fingerprint density at radius 1 is 1.07 bits per heavy atom. The van der Waals surface area contributed by atoms with Crippen molar-refractivity contribution in [1.82, 2.24) is 5.32 Å². The first kappa shape index (κ1) is 24.0. The third-order valence-electron chi connectivity index (χ3n) is 4.09. The van der Waals surface area contributed by atoms with Crippen molar-refractivity contribution in [2.45, 2.75) is 63.0 Å². The number of hydrogen-bond acceptors (Lipinski definition) is 6. The van der Waals surface area contributed by atoms with Gasteiger partial charge in [-0.05, 0) is 12.8 Å². The van der Waals surface area contributed by atoms with Crippen LogP contribution in [0.4, 0.5) is 26.3 Å². The normalized spacial score (nSPS) is 18.5. The number of carbonyl (C=O) groups excluding carboxylic acids is 1. The Hall–Kier alpha value is -1.08. The Morgan fingerprint density at radius 2 is 1.59 bits per heavy atom. The zero-order valence-electron chi connectivity index (χ0n) is 14.1. The van der Waals surface area contributed by atoms with Crippen LogP contribution in [0.1, 0.15) is 38.5 Å². The van der Waals surface area contributed by atoms with Crippen molar-refractivity contribution in [3.63, 3.8) is 0 Å². The summed E-state index contributed by atoms with van der Waals surface area (Å²) in [7, 11) is -4.92. The van der Waals surface area contributed by atoms with E-state index in [0.29, 0.717) is 0 Å². The molecule has 0 aliphatic heterocycles. The number of hydrogen-bond donors (Lipinski definition) is 1. The lowest BCUT2D eigenvalue weighted by atomic mass is 9.95. The molecule has 0 heterocycles. The monoisotopic (exact) mass is 428 g/mol. The van der Waals surface area contributed by atoms with E-state index in [1.54, 1.807) is 0 Å². The highest BCUT2D eigenvalue weighted by Crippen LogP contribution is 2.41. The van der Waals surface area contributed by atoms with Gasteiger partial charge in [0.25, 0.3) is 0 Å². The summed E-state index contributed by atoms with van der Waals surface area (Å²) in [6.45, 7) is -0.361. The molecule has 0 aromatic heterocycles. The fourth-order valence-electron chi connectivity index (χ4n) is 2.78. The average molecular weight is 428 g/mol. The van der Waals surface area contributed by atoms with Crippen LogP contribution in [0.5, 0.6) is 0 Å². The fourth-order valence-corrected chi connectivity index (χ4v) is 3.43. The van der Waals surface area contributed by atoms with E-state index in [9.17, 15) is 44.1 Å². The van der Waals surface area contributed by atoms with Crippen LogP contribution in [0.2, 0.25) is 0 Å². The number of alkyl halides is 6. The Morgan fingerprint density at radius 3 is 2.04 bits per heavy atom. The molecule has 0 saturated heterocycles. The molecular weight excluding hydrogens is 408 g/mol. The zero-order valence-corrected chi connectivity index (χ0v) is 14.9. The topological polar surface area (TPSA) is 95.5 Å². The van der Waals surface area contributed by atoms with Gasteiger partial charge in [0.05, 0.1) is 22.3 Å². The second kappa shape index (κ2) is 9.41. The number of halogens is 6. The maximum atomic E-state index is 12.5. The molecule has 27 heavy (non-hydrogen) atoms. The molecule has 1 rings (SSSR count). The van der Waals surface area contributed by atoms with Crippen LogP contribution in [0.3, 0.4) is 0 Å². The molecule has 1 atom stereocenters. The lowest BCUT2D eigenvalue weighted by Gasteiger charge is -2.27. The summed E-state index contributed by atoms with van der Waals surface area (Å²) in [5.41, 5.74) is 0. The van der Waals surface area contributed by atoms with Crippen LogP contribution in [-0.4, -0.2) is 55.7 Å². The fraction of sp³-hybridized carbons (Fsp3) is 0.929. The SMILES string of the molecule is O=C(CC(C(F)(F)F)C(F)(F)F)OC(CNC1CCCCC1)CS(=O)(=O)[O-]. The van der Waals surface area contributed by atoms with Gasteiger partial charge < -0.3 is 14.6 Å². The van der Waals surface area contributed by atoms with Crippen molar-refractivity contribution in [2.24, 2.45) is 5.92 Å². The molecule has 13 heteroatoms. The summed E-state index contributed by atoms with van der Waals surface area (Å²) in [4.78, 5) is 11.5. The predicted octanol–water partition coefficient (Wildman–Crippen LogP) is 2.50. The van der Waals surface area contributed by atoms with Crippen molar-refractivity contribution >= 4 is 16.1 Å². The molecule has 1 saturated carbocycles. The van der Waals surface area contributed by atoms with Gasteiger partial charge >= 0.3 is 18.3 Å². The molecule has 1 aliphatic rings. The van der Waals surface area contributed by atoms with Gasteiger partial charge in [0.1, 0.15) is 6.10 Å². The summed E-state index contributed by atoms with van der Waals surface area (Å²) in [5, 5.41) is 2.84. The van der Waals surface area contributed by atoms with Crippen molar-refractivity contribution in [3.8, 4) is 0 Å². The number of rotatable bonds is 8. The minimum Gasteiger partial charge on any atom is -0.748 e. The van der Waals surface area contributed by atoms with Gasteiger partial charge in [0.2, 0.25) is 0 Å². The Labute approximate surface area is 152 Å². The Balaban J connectivity index is 2.73. The number of ether oxygens (including phenoxy) is 1. The first-order valence-corrected chi connectivity index (χ1v) is 9.76. The third-order valence-corrected chi connectivity index (χ3v) is 4.87. The Bertz CT molecular complexity index is 572. The van der Waals surface area contributed by atoms with E-state index >= 15 is 0 Å². The van der Waals surface area contributed by atoms with Crippen molar-refractivity contribution in [3.05, 3.63) is 0 Å². The highest BCUT2D eigenvalue weighted by molar-refractivity contribution is 7.85. The van der Waals surface area contributed by atoms with Gasteiger partial charge in [-0.2, -0.15) is 26.3 Å². The maximum Gasteiger partial charge on any atom is 0.401 e. The molecule has 1 unspecified atom stereocenters. The van der Waals surface area contributed by atoms with Crippen LogP contribution in [-0.2, 0) is 19.6 Å². The molecule has 0 radical (unpaired) electrons. The number of esters is 1. The van der Waals surface area contributed by atoms with Crippen LogP contribution in [0.15, 0.2) is 0 Å². The van der Waals surface area contributed by atoms with Crippen molar-refractivity contribution in [1.29, 1.82) is 0 Å². The summed E-state index contributed by atoms with van der Waals surface area (Å²) < 4.78 is 112. The summed E-state index contributed by atoms with van der Waals surface area (Å²) in [6, 6.07) is -0.0626. The molecule has 0 spiro atoms. The summed E-state index contributed by atoms with van der Waals surface area (Å²) in [6.07, 6.45) is -10.9. The Kier molecular flexibility index (Phi) is 8.35. The third kappa shape index (κ3) is 9.60. The van der Waals surface area contributed by atoms with Crippen LogP contribution in [0.25, 0.3) is 0 Å². The second-order valence-electron chi connectivity index (χ2n) is 6.42. The molecule has 0 aromatic carbocycles. The van der Waals surface area contributed by atoms with Gasteiger partial charge in [-0.25, -0.2) is 8.42 Å². The minimum absolute atomic E-state index is 0.0626. The first-order valence-electron chi connectivity index (χ1n) is 8.18. The lowest BCUT2D eigenvalue weighted by Crippen LogP contribution is -2.43. The number of nitrogens with one attached hydrogen (secondary N) is 1. The van der Waals surface area contributed by atoms with Crippen molar-refractivity contribution in [2.75, 3.05) is 12.3 Å². The molecule has 0 amide bonds. The van der Waals surface area contributed by atoms with Gasteiger partial charge in [-0.3, -0.25) is 4.79 Å². The molecular formula is C14H20F6NO5S-. The highest BCUT2D eigenvalue weighted by atomic mass is 32.2. The molecule has 6 nitrogen and oxygen atoms in total. The van der Waals surface area contributed by atoms with Crippen LogP contribution < -0.4 is 5.32 Å². The van der Waals surface area contributed by atoms with E-state index in [0.717, 1.165) is 32.1 Å². The molecule has 0 aromatic rings. The lowest BCUT2D eigenvalue weighted by molar-refractivity contribution is -0.285. The molecule has 1 fully saturated rings. The van der Waals surface area contributed by atoms with Gasteiger partial charge in [0, 0.05) is 12.6 Å². The summed E-state index contributed by atoms with van der Waals surface area (Å²) >= 11 is 0. The second-order valence-corrected chi connectivity index (χ2v) is 7.87. The van der Waals surface area contributed by atoms with Crippen LogP contribution in [0, 0.1) is 5.92 Å². The number of carbonyl (C=O) groups is 1. The summed E-state index contributed by atoms with van der Waals surface area (Å²) in [5.74, 6) is -7.07. The molecule has 160 valence electrons. The molecule has 1 N–H and O–H groups in total. The van der Waals surface area contributed by atoms with Gasteiger partial charge in [-0.15, -0.1) is 0 Å². The predicted molar refractivity (Wildman–Crippen MR) is 79.5 cm³/mol. The van der Waals surface area contributed by atoms with E-state index < -0.39 is 52.6 Å². The van der Waals surface area contributed by atoms with E-state index in [1.165, 1.54) is 0 Å².